The number of ether oxygens (including phenoxy) is 2. The van der Waals surface area contributed by atoms with Gasteiger partial charge in [0.2, 0.25) is 0 Å². The monoisotopic (exact) mass is 925 g/mol. The average molecular weight is 925 g/mol. The molecule has 2 atom stereocenters. The van der Waals surface area contributed by atoms with E-state index in [0.29, 0.717) is 24.1 Å². The maximum Gasteiger partial charge on any atom is 0.472 e. The van der Waals surface area contributed by atoms with E-state index in [2.05, 4.69) is 135 Å². The van der Waals surface area contributed by atoms with Crippen LogP contribution in [0.25, 0.3) is 0 Å². The van der Waals surface area contributed by atoms with Gasteiger partial charge in [-0.05, 0) is 96.3 Å². The molecule has 9 heteroatoms. The number of allylic oxidation sites excluding steroid dienone is 20. The third-order valence-corrected chi connectivity index (χ3v) is 11.0. The second-order valence-electron chi connectivity index (χ2n) is 17.4. The molecule has 0 aromatic rings. The number of nitrogens with zero attached hydrogens (tertiary/aromatic N) is 1. The van der Waals surface area contributed by atoms with Crippen molar-refractivity contribution in [3.8, 4) is 0 Å². The van der Waals surface area contributed by atoms with E-state index in [1.54, 1.807) is 0 Å². The Morgan fingerprint density at radius 3 is 1.26 bits per heavy atom. The van der Waals surface area contributed by atoms with Gasteiger partial charge in [-0.15, -0.1) is 0 Å². The first-order valence-corrected chi connectivity index (χ1v) is 26.8. The van der Waals surface area contributed by atoms with Crippen LogP contribution in [0.5, 0.6) is 0 Å². The molecule has 0 aliphatic carbocycles. The molecule has 0 aromatic carbocycles. The van der Waals surface area contributed by atoms with Crippen LogP contribution in [-0.4, -0.2) is 75.6 Å². The van der Waals surface area contributed by atoms with Crippen LogP contribution in [0.15, 0.2) is 122 Å². The zero-order valence-corrected chi connectivity index (χ0v) is 42.8. The highest BCUT2D eigenvalue weighted by Gasteiger charge is 2.26. The Morgan fingerprint density at radius 2 is 0.846 bits per heavy atom. The molecule has 0 aromatic heterocycles. The van der Waals surface area contributed by atoms with Crippen molar-refractivity contribution < 1.29 is 37.3 Å². The molecular weight excluding hydrogens is 830 g/mol. The van der Waals surface area contributed by atoms with Crippen molar-refractivity contribution in [2.45, 2.75) is 174 Å². The van der Waals surface area contributed by atoms with Gasteiger partial charge < -0.3 is 18.9 Å². The molecule has 2 unspecified atom stereocenters. The van der Waals surface area contributed by atoms with Gasteiger partial charge in [-0.25, -0.2) is 4.57 Å². The summed E-state index contributed by atoms with van der Waals surface area (Å²) in [4.78, 5) is 23.0. The standard InChI is InChI=1S/C56H94NO7P/c1-6-8-10-12-14-16-18-20-22-24-25-26-27-28-29-30-31-32-34-36-38-40-42-44-46-48-51-61-53-55(54-63-65(59,60)62-52-50-57(3,4)5)64-56(58)49-47-45-43-41-39-37-35-33-23-21-19-17-15-13-11-9-7-2/h8-11,14-17,20-23,25-26,28-29,35,37,41,43,55H,6-7,12-13,18-19,24,27,30-34,36,38-40,42,44-54H2,1-5H3/p+1/b10-8-,11-9-,16-14-,17-15-,22-20-,23-21-,26-25-,29-28-,37-35-,43-41-. The van der Waals surface area contributed by atoms with Crippen LogP contribution < -0.4 is 0 Å². The van der Waals surface area contributed by atoms with Crippen molar-refractivity contribution in [1.29, 1.82) is 0 Å². The molecule has 0 spiro atoms. The third kappa shape index (κ3) is 51.7. The Hall–Kier alpha value is -3.10. The lowest BCUT2D eigenvalue weighted by Gasteiger charge is -2.24. The summed E-state index contributed by atoms with van der Waals surface area (Å²) in [6.45, 7) is 5.27. The first kappa shape index (κ1) is 61.9. The lowest BCUT2D eigenvalue weighted by molar-refractivity contribution is -0.870. The van der Waals surface area contributed by atoms with Crippen molar-refractivity contribution in [3.63, 3.8) is 0 Å². The number of quaternary nitrogens is 1. The Morgan fingerprint density at radius 1 is 0.477 bits per heavy atom. The van der Waals surface area contributed by atoms with E-state index in [1.807, 2.05) is 21.1 Å². The van der Waals surface area contributed by atoms with Crippen LogP contribution in [0, 0.1) is 0 Å². The number of likely N-dealkylation sites (N-methyl/N-ethyl adjacent to an activating group) is 1. The Balaban J connectivity index is 4.23. The lowest BCUT2D eigenvalue weighted by atomic mass is 10.1. The highest BCUT2D eigenvalue weighted by Crippen LogP contribution is 2.43. The number of phosphoric ester groups is 1. The van der Waals surface area contributed by atoms with E-state index in [9.17, 15) is 14.3 Å². The van der Waals surface area contributed by atoms with Gasteiger partial charge in [-0.3, -0.25) is 13.8 Å². The fourth-order valence-electron chi connectivity index (χ4n) is 6.20. The molecule has 65 heavy (non-hydrogen) atoms. The summed E-state index contributed by atoms with van der Waals surface area (Å²) in [6, 6.07) is 0. The van der Waals surface area contributed by atoms with Crippen LogP contribution in [0.3, 0.4) is 0 Å². The maximum absolute atomic E-state index is 12.7. The van der Waals surface area contributed by atoms with Crippen molar-refractivity contribution in [2.75, 3.05) is 54.1 Å². The minimum atomic E-state index is -4.31. The molecule has 0 saturated heterocycles. The highest BCUT2D eigenvalue weighted by molar-refractivity contribution is 7.47. The summed E-state index contributed by atoms with van der Waals surface area (Å²) >= 11 is 0. The smallest absolute Gasteiger partial charge is 0.457 e. The first-order valence-electron chi connectivity index (χ1n) is 25.3. The molecule has 0 saturated carbocycles. The number of phosphoric acid groups is 1. The molecule has 0 radical (unpaired) electrons. The Kier molecular flexibility index (Phi) is 45.1. The summed E-state index contributed by atoms with van der Waals surface area (Å²) in [5.74, 6) is -0.376. The van der Waals surface area contributed by atoms with Crippen molar-refractivity contribution in [2.24, 2.45) is 0 Å². The van der Waals surface area contributed by atoms with Gasteiger partial charge in [-0.2, -0.15) is 0 Å². The van der Waals surface area contributed by atoms with Gasteiger partial charge in [0.05, 0.1) is 34.4 Å². The van der Waals surface area contributed by atoms with Gasteiger partial charge in [0.1, 0.15) is 19.3 Å². The summed E-state index contributed by atoms with van der Waals surface area (Å²) in [5.41, 5.74) is 0. The lowest BCUT2D eigenvalue weighted by Crippen LogP contribution is -2.37. The fraction of sp³-hybridized carbons (Fsp3) is 0.625. The number of rotatable bonds is 45. The molecular formula is C56H95NO7P+. The SMILES string of the molecule is CC/C=C\C/C=C\C/C=C\C/C=C\C/C=C\CCCCCCCCCCCCOCC(COP(=O)(O)OCC[N+](C)(C)C)OC(=O)CCC/C=C\C/C=C\C/C=C\C/C=C\C/C=C\CC. The van der Waals surface area contributed by atoms with Crippen LogP contribution >= 0.6 is 7.82 Å². The second kappa shape index (κ2) is 47.4. The minimum absolute atomic E-state index is 0.0699. The molecule has 370 valence electrons. The van der Waals surface area contributed by atoms with Crippen molar-refractivity contribution in [1.82, 2.24) is 0 Å². The molecule has 1 N–H and O–H groups in total. The van der Waals surface area contributed by atoms with E-state index in [4.69, 9.17) is 18.5 Å². The van der Waals surface area contributed by atoms with E-state index in [-0.39, 0.29) is 32.2 Å². The predicted octanol–water partition coefficient (Wildman–Crippen LogP) is 15.7. The predicted molar refractivity (Wildman–Crippen MR) is 279 cm³/mol. The van der Waals surface area contributed by atoms with E-state index >= 15 is 0 Å². The summed E-state index contributed by atoms with van der Waals surface area (Å²) in [6.07, 6.45) is 68.3. The number of esters is 1. The number of unbranched alkanes of at least 4 members (excludes halogenated alkanes) is 11. The van der Waals surface area contributed by atoms with E-state index < -0.39 is 13.9 Å². The summed E-state index contributed by atoms with van der Waals surface area (Å²) in [7, 11) is 1.61. The number of hydrogen-bond donors (Lipinski definition) is 1. The Bertz CT molecular complexity index is 1450. The second-order valence-corrected chi connectivity index (χ2v) is 18.9. The third-order valence-electron chi connectivity index (χ3n) is 10.0. The fourth-order valence-corrected chi connectivity index (χ4v) is 6.94. The molecule has 0 fully saturated rings. The van der Waals surface area contributed by atoms with Gasteiger partial charge in [-0.1, -0.05) is 187 Å². The van der Waals surface area contributed by atoms with Gasteiger partial charge >= 0.3 is 13.8 Å². The molecule has 0 aliphatic rings. The molecule has 0 bridgehead atoms. The minimum Gasteiger partial charge on any atom is -0.457 e. The molecule has 0 rings (SSSR count). The Labute approximate surface area is 399 Å². The van der Waals surface area contributed by atoms with Gasteiger partial charge in [0.15, 0.2) is 0 Å². The van der Waals surface area contributed by atoms with Crippen LogP contribution in [0.2, 0.25) is 0 Å². The van der Waals surface area contributed by atoms with Crippen molar-refractivity contribution >= 4 is 13.8 Å². The number of carbonyl (C=O) groups is 1. The normalized spacial score (nSPS) is 14.6. The molecule has 0 amide bonds. The average Bonchev–Trinajstić information content (AvgIpc) is 3.27. The number of carbonyl (C=O) groups excluding carboxylic acids is 1. The maximum atomic E-state index is 12.7. The van der Waals surface area contributed by atoms with E-state index in [0.717, 1.165) is 83.5 Å². The van der Waals surface area contributed by atoms with Crippen LogP contribution in [0.1, 0.15) is 168 Å². The highest BCUT2D eigenvalue weighted by atomic mass is 31.2. The first-order chi connectivity index (χ1) is 31.6. The number of hydrogen-bond acceptors (Lipinski definition) is 6. The van der Waals surface area contributed by atoms with E-state index in [1.165, 1.54) is 57.8 Å². The van der Waals surface area contributed by atoms with Gasteiger partial charge in [0.25, 0.3) is 0 Å². The molecule has 8 nitrogen and oxygen atoms in total. The zero-order valence-electron chi connectivity index (χ0n) is 41.9. The van der Waals surface area contributed by atoms with Crippen LogP contribution in [-0.2, 0) is 27.9 Å². The zero-order chi connectivity index (χ0) is 47.6. The largest absolute Gasteiger partial charge is 0.472 e. The van der Waals surface area contributed by atoms with Gasteiger partial charge in [0, 0.05) is 13.0 Å². The topological polar surface area (TPSA) is 91.3 Å². The summed E-state index contributed by atoms with van der Waals surface area (Å²) < 4.78 is 35.0. The summed E-state index contributed by atoms with van der Waals surface area (Å²) in [5, 5.41) is 0. The van der Waals surface area contributed by atoms with Crippen molar-refractivity contribution in [3.05, 3.63) is 122 Å². The molecule has 0 aliphatic heterocycles. The molecule has 0 heterocycles. The van der Waals surface area contributed by atoms with Crippen LogP contribution in [0.4, 0.5) is 0 Å². The quantitative estimate of drug-likeness (QED) is 0.0214.